The zero-order valence-electron chi connectivity index (χ0n) is 17.2. The predicted molar refractivity (Wildman–Crippen MR) is 105 cm³/mol. The molecule has 0 saturated carbocycles. The first-order valence-corrected chi connectivity index (χ1v) is 9.40. The Morgan fingerprint density at radius 3 is 1.97 bits per heavy atom. The van der Waals surface area contributed by atoms with Crippen LogP contribution in [0.3, 0.4) is 0 Å². The highest BCUT2D eigenvalue weighted by atomic mass is 16.5. The SMILES string of the molecule is CN1C(=O)C([C@H]2O[C@@H](c3c(O)n(C)c(=O)n(C)c3=O)c3ccccc32)C(=O)N(C)C1=O. The molecule has 11 nitrogen and oxygen atoms in total. The maximum atomic E-state index is 12.8. The largest absolute Gasteiger partial charge is 0.494 e. The molecule has 1 aromatic carbocycles. The average molecular weight is 428 g/mol. The minimum absolute atomic E-state index is 0.187. The first-order valence-electron chi connectivity index (χ1n) is 9.40. The molecular formula is C20H20N4O7. The van der Waals surface area contributed by atoms with Crippen LogP contribution < -0.4 is 11.2 Å². The minimum Gasteiger partial charge on any atom is -0.494 e. The van der Waals surface area contributed by atoms with Crippen LogP contribution in [0, 0.1) is 5.92 Å². The Hall–Kier alpha value is -3.73. The fourth-order valence-electron chi connectivity index (χ4n) is 4.07. The Kier molecular flexibility index (Phi) is 4.58. The molecule has 0 spiro atoms. The Balaban J connectivity index is 1.88. The lowest BCUT2D eigenvalue weighted by atomic mass is 9.90. The van der Waals surface area contributed by atoms with Gasteiger partial charge in [-0.15, -0.1) is 0 Å². The number of amides is 4. The first-order chi connectivity index (χ1) is 14.6. The average Bonchev–Trinajstić information content (AvgIpc) is 3.13. The smallest absolute Gasteiger partial charge is 0.333 e. The molecule has 1 aromatic heterocycles. The van der Waals surface area contributed by atoms with Crippen molar-refractivity contribution in [2.45, 2.75) is 12.2 Å². The number of carbonyl (C=O) groups excluding carboxylic acids is 3. The fourth-order valence-corrected chi connectivity index (χ4v) is 4.07. The minimum atomic E-state index is -1.35. The van der Waals surface area contributed by atoms with Crippen LogP contribution in [0.5, 0.6) is 5.88 Å². The molecule has 2 aromatic rings. The van der Waals surface area contributed by atoms with Gasteiger partial charge in [0.15, 0.2) is 0 Å². The van der Waals surface area contributed by atoms with E-state index in [2.05, 4.69) is 0 Å². The molecule has 0 radical (unpaired) electrons. The number of nitrogens with zero attached hydrogens (tertiary/aromatic N) is 4. The van der Waals surface area contributed by atoms with E-state index < -0.39 is 53.1 Å². The summed E-state index contributed by atoms with van der Waals surface area (Å²) in [7, 11) is 5.12. The summed E-state index contributed by atoms with van der Waals surface area (Å²) in [6, 6.07) is 5.93. The monoisotopic (exact) mass is 428 g/mol. The van der Waals surface area contributed by atoms with Gasteiger partial charge >= 0.3 is 11.7 Å². The number of hydrogen-bond donors (Lipinski definition) is 1. The lowest BCUT2D eigenvalue weighted by Gasteiger charge is -2.35. The van der Waals surface area contributed by atoms with Crippen molar-refractivity contribution in [3.63, 3.8) is 0 Å². The number of aromatic nitrogens is 2. The van der Waals surface area contributed by atoms with E-state index in [0.717, 1.165) is 18.9 Å². The van der Waals surface area contributed by atoms with Crippen LogP contribution >= 0.6 is 0 Å². The Bertz CT molecular complexity index is 1240. The van der Waals surface area contributed by atoms with Crippen LogP contribution in [0.15, 0.2) is 33.9 Å². The highest BCUT2D eigenvalue weighted by Crippen LogP contribution is 2.47. The van der Waals surface area contributed by atoms with Crippen molar-refractivity contribution in [1.29, 1.82) is 0 Å². The van der Waals surface area contributed by atoms with E-state index in [1.165, 1.54) is 28.2 Å². The van der Waals surface area contributed by atoms with Gasteiger partial charge in [-0.3, -0.25) is 33.3 Å². The molecule has 3 heterocycles. The number of imide groups is 2. The number of hydrogen-bond acceptors (Lipinski definition) is 7. The summed E-state index contributed by atoms with van der Waals surface area (Å²) >= 11 is 0. The zero-order chi connectivity index (χ0) is 22.8. The topological polar surface area (TPSA) is 131 Å². The third-order valence-electron chi connectivity index (χ3n) is 5.87. The molecule has 4 amide bonds. The summed E-state index contributed by atoms with van der Waals surface area (Å²) in [6.45, 7) is 0. The van der Waals surface area contributed by atoms with Crippen molar-refractivity contribution < 1.29 is 24.2 Å². The number of fused-ring (bicyclic) bond motifs is 1. The molecule has 1 saturated heterocycles. The summed E-state index contributed by atoms with van der Waals surface area (Å²) in [5.74, 6) is -3.38. The Morgan fingerprint density at radius 1 is 0.839 bits per heavy atom. The second-order valence-electron chi connectivity index (χ2n) is 7.56. The molecule has 162 valence electrons. The van der Waals surface area contributed by atoms with E-state index >= 15 is 0 Å². The van der Waals surface area contributed by atoms with Crippen molar-refractivity contribution in [3.05, 3.63) is 61.8 Å². The number of aromatic hydroxyl groups is 1. The van der Waals surface area contributed by atoms with E-state index in [-0.39, 0.29) is 5.56 Å². The maximum absolute atomic E-state index is 12.8. The fraction of sp³-hybridized carbons (Fsp3) is 0.350. The summed E-state index contributed by atoms with van der Waals surface area (Å²) in [6.07, 6.45) is -2.22. The molecule has 31 heavy (non-hydrogen) atoms. The number of rotatable bonds is 2. The molecular weight excluding hydrogens is 408 g/mol. The Labute approximate surface area is 175 Å². The standard InChI is InChI=1S/C20H20N4O7/c1-21-15(25)11(16(26)22(2)19(21)29)13-9-7-5-6-8-10(9)14(31-13)12-17(27)23(3)20(30)24(4)18(12)28/h5-8,11,13-14,27H,1-4H3/t13-,14+/m0/s1. The van der Waals surface area contributed by atoms with Crippen molar-refractivity contribution in [1.82, 2.24) is 18.9 Å². The summed E-state index contributed by atoms with van der Waals surface area (Å²) in [5.41, 5.74) is -0.708. The van der Waals surface area contributed by atoms with Crippen molar-refractivity contribution in [3.8, 4) is 5.88 Å². The maximum Gasteiger partial charge on any atom is 0.333 e. The molecule has 4 rings (SSSR count). The third-order valence-corrected chi connectivity index (χ3v) is 5.87. The molecule has 0 bridgehead atoms. The van der Waals surface area contributed by atoms with Gasteiger partial charge in [0.2, 0.25) is 17.7 Å². The van der Waals surface area contributed by atoms with Gasteiger partial charge in [-0.05, 0) is 11.1 Å². The number of benzene rings is 1. The van der Waals surface area contributed by atoms with Crippen molar-refractivity contribution in [2.24, 2.45) is 20.0 Å². The van der Waals surface area contributed by atoms with Crippen molar-refractivity contribution >= 4 is 17.8 Å². The molecule has 0 aliphatic carbocycles. The lowest BCUT2D eigenvalue weighted by molar-refractivity contribution is -0.155. The number of ether oxygens (including phenoxy) is 1. The van der Waals surface area contributed by atoms with Crippen LogP contribution in [0.1, 0.15) is 28.9 Å². The molecule has 11 heteroatoms. The lowest BCUT2D eigenvalue weighted by Crippen LogP contribution is -2.58. The van der Waals surface area contributed by atoms with Crippen LogP contribution in [0.4, 0.5) is 4.79 Å². The quantitative estimate of drug-likeness (QED) is 0.645. The molecule has 1 fully saturated rings. The van der Waals surface area contributed by atoms with E-state index in [0.29, 0.717) is 11.1 Å². The van der Waals surface area contributed by atoms with Gasteiger partial charge < -0.3 is 9.84 Å². The summed E-state index contributed by atoms with van der Waals surface area (Å²) < 4.78 is 7.80. The van der Waals surface area contributed by atoms with E-state index in [1.54, 1.807) is 24.3 Å². The number of urea groups is 1. The molecule has 0 unspecified atom stereocenters. The second-order valence-corrected chi connectivity index (χ2v) is 7.56. The summed E-state index contributed by atoms with van der Waals surface area (Å²) in [5, 5.41) is 10.6. The molecule has 2 aliphatic rings. The molecule has 1 N–H and O–H groups in total. The van der Waals surface area contributed by atoms with E-state index in [9.17, 15) is 29.1 Å². The van der Waals surface area contributed by atoms with E-state index in [1.807, 2.05) is 0 Å². The van der Waals surface area contributed by atoms with Gasteiger partial charge in [0.25, 0.3) is 5.56 Å². The van der Waals surface area contributed by atoms with E-state index in [4.69, 9.17) is 4.74 Å². The van der Waals surface area contributed by atoms with Gasteiger partial charge in [0.1, 0.15) is 23.7 Å². The summed E-state index contributed by atoms with van der Waals surface area (Å²) in [4.78, 5) is 64.4. The van der Waals surface area contributed by atoms with Crippen LogP contribution in [-0.4, -0.2) is 56.0 Å². The van der Waals surface area contributed by atoms with Gasteiger partial charge in [-0.2, -0.15) is 0 Å². The van der Waals surface area contributed by atoms with Crippen LogP contribution in [0.2, 0.25) is 0 Å². The third kappa shape index (κ3) is 2.73. The normalized spacial score (nSPS) is 21.7. The second kappa shape index (κ2) is 6.91. The van der Waals surface area contributed by atoms with Gasteiger partial charge in [-0.1, -0.05) is 24.3 Å². The highest BCUT2D eigenvalue weighted by Gasteiger charge is 2.51. The van der Waals surface area contributed by atoms with Gasteiger partial charge in [0.05, 0.1) is 0 Å². The van der Waals surface area contributed by atoms with Crippen LogP contribution in [-0.2, 0) is 28.4 Å². The highest BCUT2D eigenvalue weighted by molar-refractivity contribution is 6.16. The van der Waals surface area contributed by atoms with Crippen molar-refractivity contribution in [2.75, 3.05) is 14.1 Å². The number of carbonyl (C=O) groups is 3. The number of barbiturate groups is 1. The Morgan fingerprint density at radius 2 is 1.39 bits per heavy atom. The van der Waals surface area contributed by atoms with Crippen LogP contribution in [0.25, 0.3) is 0 Å². The molecule has 2 aliphatic heterocycles. The van der Waals surface area contributed by atoms with Gasteiger partial charge in [0, 0.05) is 28.2 Å². The van der Waals surface area contributed by atoms with Gasteiger partial charge in [-0.25, -0.2) is 9.59 Å². The molecule has 2 atom stereocenters. The zero-order valence-corrected chi connectivity index (χ0v) is 17.2. The first kappa shape index (κ1) is 20.5. The predicted octanol–water partition coefficient (Wildman–Crippen LogP) is -0.383.